The summed E-state index contributed by atoms with van der Waals surface area (Å²) in [5.41, 5.74) is 3.30. The average Bonchev–Trinajstić information content (AvgIpc) is 3.48. The number of H-pyrrole nitrogens is 1. The normalized spacial score (nSPS) is 15.9. The Morgan fingerprint density at radius 1 is 1.13 bits per heavy atom. The molecule has 3 aromatic rings. The van der Waals surface area contributed by atoms with E-state index < -0.39 is 0 Å². The third-order valence-electron chi connectivity index (χ3n) is 5.86. The summed E-state index contributed by atoms with van der Waals surface area (Å²) >= 11 is 0. The fraction of sp³-hybridized carbons (Fsp3) is 0.417. The molecule has 1 aromatic heterocycles. The molecule has 0 radical (unpaired) electrons. The second-order valence-corrected chi connectivity index (χ2v) is 7.83. The molecule has 0 saturated carbocycles. The van der Waals surface area contributed by atoms with Crippen molar-refractivity contribution in [3.63, 3.8) is 0 Å². The van der Waals surface area contributed by atoms with E-state index in [0.717, 1.165) is 61.2 Å². The first-order valence-corrected chi connectivity index (χ1v) is 11.0. The van der Waals surface area contributed by atoms with Gasteiger partial charge >= 0.3 is 0 Å². The number of likely N-dealkylation sites (tertiary alicyclic amines) is 1. The Morgan fingerprint density at radius 2 is 1.90 bits per heavy atom. The van der Waals surface area contributed by atoms with Gasteiger partial charge in [0.2, 0.25) is 0 Å². The number of guanidine groups is 1. The number of methoxy groups -OCH3 is 1. The fourth-order valence-corrected chi connectivity index (χ4v) is 4.27. The fourth-order valence-electron chi connectivity index (χ4n) is 4.27. The van der Waals surface area contributed by atoms with E-state index in [-0.39, 0.29) is 6.04 Å². The Hall–Kier alpha value is -3.06. The molecule has 164 valence electrons. The van der Waals surface area contributed by atoms with Crippen LogP contribution in [0.1, 0.15) is 30.3 Å². The molecular weight excluding hydrogens is 388 g/mol. The lowest BCUT2D eigenvalue weighted by Crippen LogP contribution is -2.43. The zero-order chi connectivity index (χ0) is 21.5. The van der Waals surface area contributed by atoms with Gasteiger partial charge < -0.3 is 20.4 Å². The van der Waals surface area contributed by atoms with Gasteiger partial charge in [0, 0.05) is 32.1 Å². The molecule has 1 unspecified atom stereocenters. The highest BCUT2D eigenvalue weighted by Gasteiger charge is 2.26. The Morgan fingerprint density at radius 3 is 2.68 bits per heavy atom. The molecule has 0 aliphatic carbocycles. The zero-order valence-corrected chi connectivity index (χ0v) is 18.4. The van der Waals surface area contributed by atoms with E-state index in [9.17, 15) is 0 Å². The summed E-state index contributed by atoms with van der Waals surface area (Å²) in [7, 11) is 3.55. The van der Waals surface area contributed by atoms with Crippen molar-refractivity contribution in [3.05, 3.63) is 59.9 Å². The van der Waals surface area contributed by atoms with Crippen molar-refractivity contribution < 1.29 is 4.74 Å². The molecule has 0 bridgehead atoms. The Labute approximate surface area is 183 Å². The number of aromatic nitrogens is 2. The van der Waals surface area contributed by atoms with Gasteiger partial charge in [0.15, 0.2) is 5.96 Å². The average molecular weight is 421 g/mol. The van der Waals surface area contributed by atoms with Crippen LogP contribution in [-0.4, -0.2) is 61.2 Å². The number of aliphatic imine (C=N–C) groups is 1. The summed E-state index contributed by atoms with van der Waals surface area (Å²) in [6.07, 6.45) is 3.30. The zero-order valence-electron chi connectivity index (χ0n) is 18.4. The molecule has 31 heavy (non-hydrogen) atoms. The van der Waals surface area contributed by atoms with Gasteiger partial charge in [-0.3, -0.25) is 9.89 Å². The summed E-state index contributed by atoms with van der Waals surface area (Å²) in [6, 6.07) is 16.7. The first-order chi connectivity index (χ1) is 15.3. The third kappa shape index (κ3) is 5.17. The van der Waals surface area contributed by atoms with E-state index in [0.29, 0.717) is 0 Å². The van der Waals surface area contributed by atoms with Crippen molar-refractivity contribution >= 4 is 17.0 Å². The van der Waals surface area contributed by atoms with Crippen LogP contribution in [0.4, 0.5) is 0 Å². The van der Waals surface area contributed by atoms with Crippen LogP contribution in [-0.2, 0) is 6.42 Å². The molecule has 1 atom stereocenters. The van der Waals surface area contributed by atoms with Crippen molar-refractivity contribution in [3.8, 4) is 5.75 Å². The molecule has 7 heteroatoms. The maximum absolute atomic E-state index is 5.65. The number of para-hydroxylation sites is 3. The van der Waals surface area contributed by atoms with Gasteiger partial charge in [0.25, 0.3) is 0 Å². The minimum Gasteiger partial charge on any atom is -0.496 e. The molecular formula is C24H32N6O. The van der Waals surface area contributed by atoms with Crippen LogP contribution in [0, 0.1) is 0 Å². The van der Waals surface area contributed by atoms with E-state index in [4.69, 9.17) is 4.74 Å². The number of aromatic amines is 1. The van der Waals surface area contributed by atoms with Crippen LogP contribution in [0.2, 0.25) is 0 Å². The van der Waals surface area contributed by atoms with Gasteiger partial charge in [0.05, 0.1) is 24.2 Å². The van der Waals surface area contributed by atoms with E-state index >= 15 is 0 Å². The summed E-state index contributed by atoms with van der Waals surface area (Å²) in [5, 5.41) is 6.94. The Bertz CT molecular complexity index is 975. The maximum Gasteiger partial charge on any atom is 0.191 e. The third-order valence-corrected chi connectivity index (χ3v) is 5.86. The summed E-state index contributed by atoms with van der Waals surface area (Å²) in [5.74, 6) is 2.72. The van der Waals surface area contributed by atoms with Gasteiger partial charge in [-0.2, -0.15) is 0 Å². The van der Waals surface area contributed by atoms with Crippen LogP contribution < -0.4 is 15.4 Å². The lowest BCUT2D eigenvalue weighted by molar-refractivity contribution is 0.239. The molecule has 1 aliphatic rings. The Kier molecular flexibility index (Phi) is 7.04. The summed E-state index contributed by atoms with van der Waals surface area (Å²) < 4.78 is 5.65. The van der Waals surface area contributed by atoms with Crippen molar-refractivity contribution in [1.82, 2.24) is 25.5 Å². The van der Waals surface area contributed by atoms with Gasteiger partial charge in [-0.25, -0.2) is 4.98 Å². The number of hydrogen-bond acceptors (Lipinski definition) is 4. The SMILES string of the molecule is CN=C(NCCc1nc2ccccc2[nH]1)NCC(c1ccccc1OC)N1CCCC1. The molecule has 3 N–H and O–H groups in total. The lowest BCUT2D eigenvalue weighted by atomic mass is 10.0. The largest absolute Gasteiger partial charge is 0.496 e. The molecule has 0 spiro atoms. The minimum absolute atomic E-state index is 0.243. The topological polar surface area (TPSA) is 77.6 Å². The molecule has 1 saturated heterocycles. The van der Waals surface area contributed by atoms with E-state index in [1.54, 1.807) is 7.11 Å². The second-order valence-electron chi connectivity index (χ2n) is 7.83. The van der Waals surface area contributed by atoms with Gasteiger partial charge in [0.1, 0.15) is 11.6 Å². The maximum atomic E-state index is 5.65. The number of rotatable bonds is 8. The number of benzene rings is 2. The predicted octanol–water partition coefficient (Wildman–Crippen LogP) is 3.12. The molecule has 0 amide bonds. The summed E-state index contributed by atoms with van der Waals surface area (Å²) in [6.45, 7) is 3.75. The summed E-state index contributed by atoms with van der Waals surface area (Å²) in [4.78, 5) is 15.0. The first-order valence-electron chi connectivity index (χ1n) is 11.0. The number of hydrogen-bond donors (Lipinski definition) is 3. The van der Waals surface area contributed by atoms with Crippen molar-refractivity contribution in [1.29, 1.82) is 0 Å². The minimum atomic E-state index is 0.243. The molecule has 2 aromatic carbocycles. The molecule has 1 fully saturated rings. The van der Waals surface area contributed by atoms with E-state index in [1.807, 2.05) is 37.4 Å². The van der Waals surface area contributed by atoms with Crippen LogP contribution >= 0.6 is 0 Å². The number of ether oxygens (including phenoxy) is 1. The quantitative estimate of drug-likeness (QED) is 0.386. The van der Waals surface area contributed by atoms with Crippen LogP contribution in [0.15, 0.2) is 53.5 Å². The van der Waals surface area contributed by atoms with E-state index in [2.05, 4.69) is 48.7 Å². The molecule has 7 nitrogen and oxygen atoms in total. The highest BCUT2D eigenvalue weighted by molar-refractivity contribution is 5.79. The highest BCUT2D eigenvalue weighted by Crippen LogP contribution is 2.31. The van der Waals surface area contributed by atoms with Crippen molar-refractivity contribution in [2.45, 2.75) is 25.3 Å². The van der Waals surface area contributed by atoms with Crippen molar-refractivity contribution in [2.75, 3.05) is 40.3 Å². The smallest absolute Gasteiger partial charge is 0.191 e. The monoisotopic (exact) mass is 420 g/mol. The molecule has 1 aliphatic heterocycles. The van der Waals surface area contributed by atoms with Gasteiger partial charge in [-0.05, 0) is 44.1 Å². The van der Waals surface area contributed by atoms with Gasteiger partial charge in [-0.15, -0.1) is 0 Å². The van der Waals surface area contributed by atoms with Crippen LogP contribution in [0.5, 0.6) is 5.75 Å². The number of imidazole rings is 1. The highest BCUT2D eigenvalue weighted by atomic mass is 16.5. The standard InChI is InChI=1S/C24H32N6O/c1-25-24(26-14-13-23-28-19-10-4-5-11-20(19)29-23)27-17-21(30-15-7-8-16-30)18-9-3-6-12-22(18)31-2/h3-6,9-12,21H,7-8,13-17H2,1-2H3,(H,28,29)(H2,25,26,27). The van der Waals surface area contributed by atoms with Gasteiger partial charge in [-0.1, -0.05) is 30.3 Å². The lowest BCUT2D eigenvalue weighted by Gasteiger charge is -2.30. The number of fused-ring (bicyclic) bond motifs is 1. The second kappa shape index (κ2) is 10.3. The van der Waals surface area contributed by atoms with Crippen LogP contribution in [0.25, 0.3) is 11.0 Å². The molecule has 2 heterocycles. The first kappa shape index (κ1) is 21.2. The Balaban J connectivity index is 1.36. The molecule has 4 rings (SSSR count). The predicted molar refractivity (Wildman–Crippen MR) is 126 cm³/mol. The number of nitrogens with zero attached hydrogens (tertiary/aromatic N) is 3. The van der Waals surface area contributed by atoms with Crippen molar-refractivity contribution in [2.24, 2.45) is 4.99 Å². The number of nitrogens with one attached hydrogen (secondary N) is 3. The van der Waals surface area contributed by atoms with Crippen LogP contribution in [0.3, 0.4) is 0 Å². The van der Waals surface area contributed by atoms with E-state index in [1.165, 1.54) is 18.4 Å².